The van der Waals surface area contributed by atoms with Crippen LogP contribution in [0.5, 0.6) is 5.75 Å². The topological polar surface area (TPSA) is 35.2 Å². The Morgan fingerprint density at radius 3 is 3.13 bits per heavy atom. The van der Waals surface area contributed by atoms with Crippen molar-refractivity contribution in [2.24, 2.45) is 5.73 Å². The van der Waals surface area contributed by atoms with Gasteiger partial charge in [0, 0.05) is 11.6 Å². The van der Waals surface area contributed by atoms with Crippen molar-refractivity contribution in [1.82, 2.24) is 0 Å². The van der Waals surface area contributed by atoms with Gasteiger partial charge in [0.1, 0.15) is 5.75 Å². The van der Waals surface area contributed by atoms with Crippen LogP contribution in [0.15, 0.2) is 18.2 Å². The molecule has 0 amide bonds. The molecule has 15 heavy (non-hydrogen) atoms. The van der Waals surface area contributed by atoms with Crippen LogP contribution in [0.2, 0.25) is 0 Å². The molecule has 2 heteroatoms. The van der Waals surface area contributed by atoms with Gasteiger partial charge in [-0.05, 0) is 30.9 Å². The van der Waals surface area contributed by atoms with Crippen molar-refractivity contribution in [3.63, 3.8) is 0 Å². The van der Waals surface area contributed by atoms with E-state index in [2.05, 4.69) is 25.1 Å². The molecule has 1 aliphatic rings. The number of ether oxygens (including phenoxy) is 1. The van der Waals surface area contributed by atoms with Gasteiger partial charge in [-0.25, -0.2) is 0 Å². The first-order valence-electron chi connectivity index (χ1n) is 5.82. The lowest BCUT2D eigenvalue weighted by Crippen LogP contribution is -2.09. The van der Waals surface area contributed by atoms with E-state index in [-0.39, 0.29) is 6.04 Å². The Labute approximate surface area is 91.4 Å². The lowest BCUT2D eigenvalue weighted by Gasteiger charge is -2.13. The van der Waals surface area contributed by atoms with Crippen LogP contribution < -0.4 is 10.5 Å². The Bertz CT molecular complexity index is 335. The lowest BCUT2D eigenvalue weighted by molar-refractivity contribution is 0.316. The zero-order chi connectivity index (χ0) is 10.7. The summed E-state index contributed by atoms with van der Waals surface area (Å²) in [4.78, 5) is 0. The Morgan fingerprint density at radius 2 is 2.33 bits per heavy atom. The zero-order valence-corrected chi connectivity index (χ0v) is 9.33. The standard InChI is InChI=1S/C13H19NO/c1-2-4-10-6-7-13-11(9-10)12(14)5-3-8-15-13/h6-7,9,12H,2-5,8,14H2,1H3/t12-/m0/s1. The molecule has 2 rings (SSSR count). The highest BCUT2D eigenvalue weighted by atomic mass is 16.5. The highest BCUT2D eigenvalue weighted by Crippen LogP contribution is 2.30. The molecule has 1 aliphatic heterocycles. The monoisotopic (exact) mass is 205 g/mol. The Hall–Kier alpha value is -1.02. The van der Waals surface area contributed by atoms with E-state index in [1.165, 1.54) is 17.5 Å². The average Bonchev–Trinajstić information content (AvgIpc) is 2.42. The second kappa shape index (κ2) is 4.67. The number of nitrogens with two attached hydrogens (primary N) is 1. The molecule has 2 N–H and O–H groups in total. The van der Waals surface area contributed by atoms with Crippen LogP contribution in [0, 0.1) is 0 Å². The summed E-state index contributed by atoms with van der Waals surface area (Å²) in [6.45, 7) is 3.00. The van der Waals surface area contributed by atoms with Gasteiger partial charge in [-0.2, -0.15) is 0 Å². The van der Waals surface area contributed by atoms with E-state index < -0.39 is 0 Å². The van der Waals surface area contributed by atoms with E-state index >= 15 is 0 Å². The highest BCUT2D eigenvalue weighted by Gasteiger charge is 2.16. The maximum absolute atomic E-state index is 6.13. The third-order valence-corrected chi connectivity index (χ3v) is 2.93. The largest absolute Gasteiger partial charge is 0.493 e. The van der Waals surface area contributed by atoms with Gasteiger partial charge < -0.3 is 10.5 Å². The number of hydrogen-bond donors (Lipinski definition) is 1. The molecule has 1 heterocycles. The molecule has 0 aliphatic carbocycles. The Balaban J connectivity index is 2.31. The van der Waals surface area contributed by atoms with Gasteiger partial charge >= 0.3 is 0 Å². The normalized spacial score (nSPS) is 20.3. The first-order chi connectivity index (χ1) is 7.31. The van der Waals surface area contributed by atoms with E-state index in [1.54, 1.807) is 0 Å². The van der Waals surface area contributed by atoms with Gasteiger partial charge in [0.2, 0.25) is 0 Å². The van der Waals surface area contributed by atoms with Crippen molar-refractivity contribution in [2.75, 3.05) is 6.61 Å². The smallest absolute Gasteiger partial charge is 0.124 e. The molecule has 1 aromatic carbocycles. The molecular formula is C13H19NO. The average molecular weight is 205 g/mol. The molecule has 82 valence electrons. The molecule has 0 bridgehead atoms. The zero-order valence-electron chi connectivity index (χ0n) is 9.33. The Kier molecular flexibility index (Phi) is 3.27. The second-order valence-corrected chi connectivity index (χ2v) is 4.22. The van der Waals surface area contributed by atoms with Crippen molar-refractivity contribution >= 4 is 0 Å². The maximum atomic E-state index is 6.13. The first-order valence-corrected chi connectivity index (χ1v) is 5.82. The fraction of sp³-hybridized carbons (Fsp3) is 0.538. The van der Waals surface area contributed by atoms with Crippen molar-refractivity contribution in [3.8, 4) is 5.75 Å². The molecule has 0 fully saturated rings. The molecule has 2 nitrogen and oxygen atoms in total. The minimum atomic E-state index is 0.152. The van der Waals surface area contributed by atoms with Crippen molar-refractivity contribution in [3.05, 3.63) is 29.3 Å². The fourth-order valence-corrected chi connectivity index (χ4v) is 2.10. The number of benzene rings is 1. The predicted molar refractivity (Wildman–Crippen MR) is 62.1 cm³/mol. The first kappa shape index (κ1) is 10.5. The van der Waals surface area contributed by atoms with Crippen LogP contribution in [0.3, 0.4) is 0 Å². The molecule has 0 radical (unpaired) electrons. The highest BCUT2D eigenvalue weighted by molar-refractivity contribution is 5.40. The van der Waals surface area contributed by atoms with Crippen molar-refractivity contribution < 1.29 is 4.74 Å². The molecule has 0 unspecified atom stereocenters. The van der Waals surface area contributed by atoms with Crippen molar-refractivity contribution in [2.45, 2.75) is 38.6 Å². The number of rotatable bonds is 2. The van der Waals surface area contributed by atoms with E-state index in [0.717, 1.165) is 31.6 Å². The maximum Gasteiger partial charge on any atom is 0.124 e. The van der Waals surface area contributed by atoms with Gasteiger partial charge in [-0.3, -0.25) is 0 Å². The van der Waals surface area contributed by atoms with Crippen LogP contribution >= 0.6 is 0 Å². The van der Waals surface area contributed by atoms with Crippen LogP contribution in [0.25, 0.3) is 0 Å². The summed E-state index contributed by atoms with van der Waals surface area (Å²) in [7, 11) is 0. The summed E-state index contributed by atoms with van der Waals surface area (Å²) in [6.07, 6.45) is 4.39. The summed E-state index contributed by atoms with van der Waals surface area (Å²) >= 11 is 0. The molecule has 0 saturated carbocycles. The van der Waals surface area contributed by atoms with Gasteiger partial charge in [-0.1, -0.05) is 25.5 Å². The van der Waals surface area contributed by atoms with Gasteiger partial charge in [0.15, 0.2) is 0 Å². The SMILES string of the molecule is CCCc1ccc2c(c1)[C@@H](N)CCCO2. The summed E-state index contributed by atoms with van der Waals surface area (Å²) in [5.74, 6) is 0.986. The van der Waals surface area contributed by atoms with E-state index in [0.29, 0.717) is 0 Å². The second-order valence-electron chi connectivity index (χ2n) is 4.22. The number of hydrogen-bond acceptors (Lipinski definition) is 2. The predicted octanol–water partition coefficient (Wildman–Crippen LogP) is 2.81. The number of fused-ring (bicyclic) bond motifs is 1. The lowest BCUT2D eigenvalue weighted by atomic mass is 9.99. The van der Waals surface area contributed by atoms with Gasteiger partial charge in [0.25, 0.3) is 0 Å². The van der Waals surface area contributed by atoms with Crippen LogP contribution in [-0.2, 0) is 6.42 Å². The fourth-order valence-electron chi connectivity index (χ4n) is 2.10. The summed E-state index contributed by atoms with van der Waals surface area (Å²) in [5, 5.41) is 0. The van der Waals surface area contributed by atoms with Crippen LogP contribution in [0.4, 0.5) is 0 Å². The summed E-state index contributed by atoms with van der Waals surface area (Å²) in [5.41, 5.74) is 8.70. The Morgan fingerprint density at radius 1 is 1.47 bits per heavy atom. The summed E-state index contributed by atoms with van der Waals surface area (Å²) in [6, 6.07) is 6.60. The molecule has 0 aromatic heterocycles. The van der Waals surface area contributed by atoms with Gasteiger partial charge in [-0.15, -0.1) is 0 Å². The van der Waals surface area contributed by atoms with E-state index in [4.69, 9.17) is 10.5 Å². The minimum Gasteiger partial charge on any atom is -0.493 e. The minimum absolute atomic E-state index is 0.152. The van der Waals surface area contributed by atoms with Crippen molar-refractivity contribution in [1.29, 1.82) is 0 Å². The molecule has 1 aromatic rings. The number of aryl methyl sites for hydroxylation is 1. The van der Waals surface area contributed by atoms with E-state index in [9.17, 15) is 0 Å². The third-order valence-electron chi connectivity index (χ3n) is 2.93. The molecule has 0 spiro atoms. The van der Waals surface area contributed by atoms with Gasteiger partial charge in [0.05, 0.1) is 6.61 Å². The summed E-state index contributed by atoms with van der Waals surface area (Å²) < 4.78 is 5.67. The molecular weight excluding hydrogens is 186 g/mol. The third kappa shape index (κ3) is 2.32. The van der Waals surface area contributed by atoms with Crippen LogP contribution in [-0.4, -0.2) is 6.61 Å². The van der Waals surface area contributed by atoms with E-state index in [1.807, 2.05) is 0 Å². The molecule has 0 saturated heterocycles. The quantitative estimate of drug-likeness (QED) is 0.805. The van der Waals surface area contributed by atoms with Crippen LogP contribution in [0.1, 0.15) is 43.4 Å². The molecule has 1 atom stereocenters.